The average molecular weight is 219 g/mol. The van der Waals surface area contributed by atoms with E-state index in [2.05, 4.69) is 15.6 Å². The SMILES string of the molecule is Cc1cccc(NC(C)C(=O)NC2CC2)n1. The molecule has 2 rings (SSSR count). The molecule has 1 fully saturated rings. The van der Waals surface area contributed by atoms with E-state index in [1.165, 1.54) is 0 Å². The molecule has 1 unspecified atom stereocenters. The number of hydrogen-bond donors (Lipinski definition) is 2. The number of anilines is 1. The van der Waals surface area contributed by atoms with Crippen molar-refractivity contribution in [2.75, 3.05) is 5.32 Å². The Hall–Kier alpha value is -1.58. The molecule has 1 amide bonds. The lowest BCUT2D eigenvalue weighted by molar-refractivity contribution is -0.121. The van der Waals surface area contributed by atoms with Crippen LogP contribution in [0.4, 0.5) is 5.82 Å². The topological polar surface area (TPSA) is 54.0 Å². The Morgan fingerprint density at radius 1 is 1.50 bits per heavy atom. The van der Waals surface area contributed by atoms with Crippen LogP contribution in [0.25, 0.3) is 0 Å². The first-order valence-corrected chi connectivity index (χ1v) is 5.66. The third-order valence-corrected chi connectivity index (χ3v) is 2.57. The van der Waals surface area contributed by atoms with Gasteiger partial charge in [0.05, 0.1) is 0 Å². The number of aromatic nitrogens is 1. The van der Waals surface area contributed by atoms with Gasteiger partial charge in [-0.15, -0.1) is 0 Å². The summed E-state index contributed by atoms with van der Waals surface area (Å²) < 4.78 is 0. The third kappa shape index (κ3) is 2.95. The second kappa shape index (κ2) is 4.51. The van der Waals surface area contributed by atoms with Crippen LogP contribution >= 0.6 is 0 Å². The molecule has 1 aliphatic rings. The molecule has 1 aromatic heterocycles. The molecule has 1 aromatic rings. The Kier molecular flexibility index (Phi) is 3.08. The molecule has 0 bridgehead atoms. The van der Waals surface area contributed by atoms with Crippen molar-refractivity contribution >= 4 is 11.7 Å². The fourth-order valence-corrected chi connectivity index (χ4v) is 1.46. The maximum Gasteiger partial charge on any atom is 0.242 e. The number of carbonyl (C=O) groups excluding carboxylic acids is 1. The molecule has 16 heavy (non-hydrogen) atoms. The minimum atomic E-state index is -0.241. The van der Waals surface area contributed by atoms with Gasteiger partial charge in [-0.05, 0) is 38.8 Å². The fourth-order valence-electron chi connectivity index (χ4n) is 1.46. The lowest BCUT2D eigenvalue weighted by Gasteiger charge is -2.14. The van der Waals surface area contributed by atoms with Crippen LogP contribution in [0.2, 0.25) is 0 Å². The van der Waals surface area contributed by atoms with Gasteiger partial charge in [-0.25, -0.2) is 4.98 Å². The molecule has 4 heteroatoms. The quantitative estimate of drug-likeness (QED) is 0.806. The van der Waals surface area contributed by atoms with Crippen LogP contribution in [0, 0.1) is 6.92 Å². The zero-order valence-electron chi connectivity index (χ0n) is 9.66. The number of rotatable bonds is 4. The predicted molar refractivity (Wildman–Crippen MR) is 63.2 cm³/mol. The van der Waals surface area contributed by atoms with Crippen molar-refractivity contribution in [3.8, 4) is 0 Å². The van der Waals surface area contributed by atoms with E-state index in [4.69, 9.17) is 0 Å². The van der Waals surface area contributed by atoms with E-state index in [1.807, 2.05) is 32.0 Å². The molecule has 0 aliphatic heterocycles. The Balaban J connectivity index is 1.90. The normalized spacial score (nSPS) is 16.6. The van der Waals surface area contributed by atoms with E-state index in [0.717, 1.165) is 24.4 Å². The Bertz CT molecular complexity index is 388. The predicted octanol–water partition coefficient (Wildman–Crippen LogP) is 1.47. The molecule has 4 nitrogen and oxygen atoms in total. The number of nitrogens with zero attached hydrogens (tertiary/aromatic N) is 1. The highest BCUT2D eigenvalue weighted by Gasteiger charge is 2.25. The van der Waals surface area contributed by atoms with Crippen molar-refractivity contribution in [1.82, 2.24) is 10.3 Å². The number of amides is 1. The van der Waals surface area contributed by atoms with Crippen LogP contribution in [0.5, 0.6) is 0 Å². The molecular formula is C12H17N3O. The van der Waals surface area contributed by atoms with Gasteiger partial charge in [0.2, 0.25) is 5.91 Å². The van der Waals surface area contributed by atoms with Crippen LogP contribution in [0.15, 0.2) is 18.2 Å². The first kappa shape index (κ1) is 10.9. The van der Waals surface area contributed by atoms with Crippen molar-refractivity contribution in [3.63, 3.8) is 0 Å². The molecule has 0 aromatic carbocycles. The summed E-state index contributed by atoms with van der Waals surface area (Å²) in [7, 11) is 0. The molecule has 1 saturated carbocycles. The van der Waals surface area contributed by atoms with Gasteiger partial charge >= 0.3 is 0 Å². The standard InChI is InChI=1S/C12H17N3O/c1-8-4-3-5-11(13-8)14-9(2)12(16)15-10-6-7-10/h3-5,9-10H,6-7H2,1-2H3,(H,13,14)(H,15,16). The molecule has 86 valence electrons. The van der Waals surface area contributed by atoms with Gasteiger partial charge < -0.3 is 10.6 Å². The van der Waals surface area contributed by atoms with E-state index in [-0.39, 0.29) is 11.9 Å². The highest BCUT2D eigenvalue weighted by atomic mass is 16.2. The summed E-state index contributed by atoms with van der Waals surface area (Å²) in [6.07, 6.45) is 2.22. The lowest BCUT2D eigenvalue weighted by Crippen LogP contribution is -2.38. The fraction of sp³-hybridized carbons (Fsp3) is 0.500. The minimum absolute atomic E-state index is 0.0470. The van der Waals surface area contributed by atoms with Gasteiger partial charge in [-0.2, -0.15) is 0 Å². The van der Waals surface area contributed by atoms with Crippen molar-refractivity contribution < 1.29 is 4.79 Å². The van der Waals surface area contributed by atoms with Crippen LogP contribution in [-0.2, 0) is 4.79 Å². The Morgan fingerprint density at radius 3 is 2.88 bits per heavy atom. The van der Waals surface area contributed by atoms with E-state index < -0.39 is 0 Å². The zero-order chi connectivity index (χ0) is 11.5. The van der Waals surface area contributed by atoms with E-state index >= 15 is 0 Å². The van der Waals surface area contributed by atoms with Gasteiger partial charge in [0.1, 0.15) is 11.9 Å². The highest BCUT2D eigenvalue weighted by Crippen LogP contribution is 2.18. The van der Waals surface area contributed by atoms with E-state index in [0.29, 0.717) is 6.04 Å². The molecule has 0 spiro atoms. The summed E-state index contributed by atoms with van der Waals surface area (Å²) in [6.45, 7) is 3.78. The maximum absolute atomic E-state index is 11.7. The van der Waals surface area contributed by atoms with Crippen molar-refractivity contribution in [2.24, 2.45) is 0 Å². The van der Waals surface area contributed by atoms with Gasteiger partial charge in [0.25, 0.3) is 0 Å². The molecule has 1 atom stereocenters. The van der Waals surface area contributed by atoms with E-state index in [1.54, 1.807) is 0 Å². The average Bonchev–Trinajstić information content (AvgIpc) is 3.01. The molecule has 1 aliphatic carbocycles. The van der Waals surface area contributed by atoms with Crippen LogP contribution in [-0.4, -0.2) is 23.0 Å². The maximum atomic E-state index is 11.7. The molecule has 2 N–H and O–H groups in total. The number of nitrogens with one attached hydrogen (secondary N) is 2. The molecule has 1 heterocycles. The first-order chi connectivity index (χ1) is 7.65. The number of hydrogen-bond acceptors (Lipinski definition) is 3. The zero-order valence-corrected chi connectivity index (χ0v) is 9.66. The highest BCUT2D eigenvalue weighted by molar-refractivity contribution is 5.84. The molecule has 0 saturated heterocycles. The Labute approximate surface area is 95.5 Å². The second-order valence-electron chi connectivity index (χ2n) is 4.31. The summed E-state index contributed by atoms with van der Waals surface area (Å²) in [6, 6.07) is 5.89. The largest absolute Gasteiger partial charge is 0.359 e. The van der Waals surface area contributed by atoms with Gasteiger partial charge in [0, 0.05) is 11.7 Å². The monoisotopic (exact) mass is 219 g/mol. The summed E-state index contributed by atoms with van der Waals surface area (Å²) in [4.78, 5) is 16.0. The second-order valence-corrected chi connectivity index (χ2v) is 4.31. The van der Waals surface area contributed by atoms with Crippen molar-refractivity contribution in [3.05, 3.63) is 23.9 Å². The van der Waals surface area contributed by atoms with E-state index in [9.17, 15) is 4.79 Å². The Morgan fingerprint density at radius 2 is 2.25 bits per heavy atom. The summed E-state index contributed by atoms with van der Waals surface area (Å²) in [5.74, 6) is 0.796. The van der Waals surface area contributed by atoms with Crippen LogP contribution in [0.3, 0.4) is 0 Å². The summed E-state index contributed by atoms with van der Waals surface area (Å²) in [5, 5.41) is 6.05. The van der Waals surface area contributed by atoms with Gasteiger partial charge in [0.15, 0.2) is 0 Å². The van der Waals surface area contributed by atoms with Crippen molar-refractivity contribution in [1.29, 1.82) is 0 Å². The molecular weight excluding hydrogens is 202 g/mol. The number of carbonyl (C=O) groups is 1. The van der Waals surface area contributed by atoms with Crippen molar-refractivity contribution in [2.45, 2.75) is 38.8 Å². The number of aryl methyl sites for hydroxylation is 1. The first-order valence-electron chi connectivity index (χ1n) is 5.66. The van der Waals surface area contributed by atoms with Crippen LogP contribution < -0.4 is 10.6 Å². The summed E-state index contributed by atoms with van der Waals surface area (Å²) >= 11 is 0. The lowest BCUT2D eigenvalue weighted by atomic mass is 10.3. The smallest absolute Gasteiger partial charge is 0.242 e. The van der Waals surface area contributed by atoms with Gasteiger partial charge in [-0.3, -0.25) is 4.79 Å². The third-order valence-electron chi connectivity index (χ3n) is 2.57. The minimum Gasteiger partial charge on any atom is -0.359 e. The number of pyridine rings is 1. The summed E-state index contributed by atoms with van der Waals surface area (Å²) in [5.41, 5.74) is 0.944. The molecule has 0 radical (unpaired) electrons. The van der Waals surface area contributed by atoms with Crippen LogP contribution in [0.1, 0.15) is 25.5 Å². The van der Waals surface area contributed by atoms with Gasteiger partial charge in [-0.1, -0.05) is 6.07 Å².